The van der Waals surface area contributed by atoms with Crippen LogP contribution in [0.1, 0.15) is 39.5 Å². The molecule has 3 nitrogen and oxygen atoms in total. The van der Waals surface area contributed by atoms with Crippen LogP contribution in [-0.2, 0) is 4.74 Å². The Labute approximate surface area is 105 Å². The summed E-state index contributed by atoms with van der Waals surface area (Å²) in [6.07, 6.45) is 6.35. The molecule has 3 heteroatoms. The summed E-state index contributed by atoms with van der Waals surface area (Å²) in [6.45, 7) is 9.47. The van der Waals surface area contributed by atoms with Gasteiger partial charge in [0.15, 0.2) is 0 Å². The first-order chi connectivity index (χ1) is 8.18. The molecule has 1 N–H and O–H groups in total. The number of nitrogens with one attached hydrogen (secondary N) is 1. The summed E-state index contributed by atoms with van der Waals surface area (Å²) >= 11 is 0. The third kappa shape index (κ3) is 2.38. The zero-order valence-corrected chi connectivity index (χ0v) is 11.2. The molecule has 0 spiro atoms. The van der Waals surface area contributed by atoms with E-state index in [1.807, 2.05) is 0 Å². The van der Waals surface area contributed by atoms with Crippen molar-refractivity contribution in [2.75, 3.05) is 26.2 Å². The van der Waals surface area contributed by atoms with Gasteiger partial charge in [0.2, 0.25) is 0 Å². The third-order valence-corrected chi connectivity index (χ3v) is 5.06. The van der Waals surface area contributed by atoms with Gasteiger partial charge in [-0.2, -0.15) is 0 Å². The Morgan fingerprint density at radius 2 is 2.29 bits per heavy atom. The topological polar surface area (TPSA) is 24.5 Å². The van der Waals surface area contributed by atoms with E-state index < -0.39 is 0 Å². The standard InChI is InChI=1S/C14H26N2O/c1-3-14(2)10-16(7-6-15-14)9-11-8-12-4-5-13(11)17-12/h11-13,15H,3-10H2,1-2H3. The molecule has 0 saturated carbocycles. The summed E-state index contributed by atoms with van der Waals surface area (Å²) in [5, 5.41) is 3.66. The highest BCUT2D eigenvalue weighted by Crippen LogP contribution is 2.39. The Hall–Kier alpha value is -0.120. The third-order valence-electron chi connectivity index (χ3n) is 5.06. The van der Waals surface area contributed by atoms with Crippen molar-refractivity contribution in [2.45, 2.75) is 57.3 Å². The van der Waals surface area contributed by atoms with E-state index in [1.165, 1.54) is 45.3 Å². The fraction of sp³-hybridized carbons (Fsp3) is 1.00. The van der Waals surface area contributed by atoms with Gasteiger partial charge in [0.1, 0.15) is 0 Å². The van der Waals surface area contributed by atoms with E-state index in [-0.39, 0.29) is 0 Å². The van der Waals surface area contributed by atoms with Crippen LogP contribution < -0.4 is 5.32 Å². The zero-order valence-electron chi connectivity index (χ0n) is 11.2. The van der Waals surface area contributed by atoms with Crippen molar-refractivity contribution in [3.63, 3.8) is 0 Å². The molecule has 17 heavy (non-hydrogen) atoms. The maximum atomic E-state index is 5.96. The smallest absolute Gasteiger partial charge is 0.0621 e. The van der Waals surface area contributed by atoms with Gasteiger partial charge < -0.3 is 10.1 Å². The SMILES string of the molecule is CCC1(C)CN(CC2CC3CCC2O3)CCN1. The van der Waals surface area contributed by atoms with Crippen LogP contribution in [0.25, 0.3) is 0 Å². The minimum absolute atomic E-state index is 0.330. The highest BCUT2D eigenvalue weighted by Gasteiger charge is 2.42. The lowest BCUT2D eigenvalue weighted by atomic mass is 9.87. The monoisotopic (exact) mass is 238 g/mol. The van der Waals surface area contributed by atoms with Crippen LogP contribution in [0.4, 0.5) is 0 Å². The predicted molar refractivity (Wildman–Crippen MR) is 69.1 cm³/mol. The van der Waals surface area contributed by atoms with E-state index in [9.17, 15) is 0 Å². The lowest BCUT2D eigenvalue weighted by Gasteiger charge is -2.42. The van der Waals surface area contributed by atoms with Crippen molar-refractivity contribution in [3.05, 3.63) is 0 Å². The normalized spacial score (nSPS) is 46.6. The van der Waals surface area contributed by atoms with Crippen molar-refractivity contribution in [1.29, 1.82) is 0 Å². The number of hydrogen-bond acceptors (Lipinski definition) is 3. The van der Waals surface area contributed by atoms with Crippen LogP contribution in [-0.4, -0.2) is 48.8 Å². The summed E-state index contributed by atoms with van der Waals surface area (Å²) in [4.78, 5) is 2.66. The van der Waals surface area contributed by atoms with Crippen LogP contribution in [0, 0.1) is 5.92 Å². The van der Waals surface area contributed by atoms with E-state index in [4.69, 9.17) is 4.74 Å². The number of hydrogen-bond donors (Lipinski definition) is 1. The average Bonchev–Trinajstić information content (AvgIpc) is 2.91. The molecule has 0 amide bonds. The van der Waals surface area contributed by atoms with Gasteiger partial charge in [-0.05, 0) is 32.6 Å². The molecule has 3 fully saturated rings. The largest absolute Gasteiger partial charge is 0.375 e. The van der Waals surface area contributed by atoms with Gasteiger partial charge in [0, 0.05) is 37.6 Å². The number of nitrogens with zero attached hydrogens (tertiary/aromatic N) is 1. The highest BCUT2D eigenvalue weighted by molar-refractivity contribution is 4.94. The fourth-order valence-corrected chi connectivity index (χ4v) is 3.80. The quantitative estimate of drug-likeness (QED) is 0.809. The van der Waals surface area contributed by atoms with E-state index >= 15 is 0 Å². The van der Waals surface area contributed by atoms with E-state index in [2.05, 4.69) is 24.1 Å². The van der Waals surface area contributed by atoms with E-state index in [0.29, 0.717) is 17.7 Å². The van der Waals surface area contributed by atoms with Gasteiger partial charge in [0.25, 0.3) is 0 Å². The molecule has 98 valence electrons. The number of ether oxygens (including phenoxy) is 1. The zero-order chi connectivity index (χ0) is 11.9. The first-order valence-corrected chi connectivity index (χ1v) is 7.31. The Balaban J connectivity index is 1.55. The molecule has 0 aromatic heterocycles. The van der Waals surface area contributed by atoms with Crippen LogP contribution in [0.5, 0.6) is 0 Å². The molecule has 3 aliphatic rings. The Kier molecular flexibility index (Phi) is 3.18. The van der Waals surface area contributed by atoms with Crippen LogP contribution >= 0.6 is 0 Å². The van der Waals surface area contributed by atoms with Gasteiger partial charge >= 0.3 is 0 Å². The summed E-state index contributed by atoms with van der Waals surface area (Å²) < 4.78 is 5.96. The summed E-state index contributed by atoms with van der Waals surface area (Å²) in [5.74, 6) is 0.813. The summed E-state index contributed by atoms with van der Waals surface area (Å²) in [6, 6.07) is 0. The molecule has 4 unspecified atom stereocenters. The Morgan fingerprint density at radius 3 is 2.94 bits per heavy atom. The molecular formula is C14H26N2O. The van der Waals surface area contributed by atoms with E-state index in [0.717, 1.165) is 12.5 Å². The second kappa shape index (κ2) is 4.52. The molecule has 0 aliphatic carbocycles. The Bertz CT molecular complexity index is 283. The van der Waals surface area contributed by atoms with Crippen LogP contribution in [0.2, 0.25) is 0 Å². The minimum atomic E-state index is 0.330. The van der Waals surface area contributed by atoms with Crippen molar-refractivity contribution < 1.29 is 4.74 Å². The van der Waals surface area contributed by atoms with Crippen molar-refractivity contribution >= 4 is 0 Å². The first kappa shape index (κ1) is 11.9. The molecule has 3 saturated heterocycles. The average molecular weight is 238 g/mol. The molecule has 3 rings (SSSR count). The molecular weight excluding hydrogens is 212 g/mol. The van der Waals surface area contributed by atoms with Gasteiger partial charge in [-0.25, -0.2) is 0 Å². The van der Waals surface area contributed by atoms with Crippen molar-refractivity contribution in [1.82, 2.24) is 10.2 Å². The molecule has 3 heterocycles. The summed E-state index contributed by atoms with van der Waals surface area (Å²) in [7, 11) is 0. The number of rotatable bonds is 3. The van der Waals surface area contributed by atoms with Gasteiger partial charge in [-0.3, -0.25) is 4.90 Å². The lowest BCUT2D eigenvalue weighted by molar-refractivity contribution is 0.0716. The second-order valence-corrected chi connectivity index (χ2v) is 6.45. The molecule has 0 radical (unpaired) electrons. The van der Waals surface area contributed by atoms with Crippen molar-refractivity contribution in [3.8, 4) is 0 Å². The van der Waals surface area contributed by atoms with Crippen molar-refractivity contribution in [2.24, 2.45) is 5.92 Å². The Morgan fingerprint density at radius 1 is 1.41 bits per heavy atom. The maximum Gasteiger partial charge on any atom is 0.0621 e. The van der Waals surface area contributed by atoms with Gasteiger partial charge in [-0.15, -0.1) is 0 Å². The second-order valence-electron chi connectivity index (χ2n) is 6.45. The number of fused-ring (bicyclic) bond motifs is 2. The van der Waals surface area contributed by atoms with E-state index in [1.54, 1.807) is 0 Å². The number of piperazine rings is 1. The lowest BCUT2D eigenvalue weighted by Crippen LogP contribution is -2.59. The molecule has 2 bridgehead atoms. The molecule has 3 aliphatic heterocycles. The predicted octanol–water partition coefficient (Wildman–Crippen LogP) is 1.63. The maximum absolute atomic E-state index is 5.96. The van der Waals surface area contributed by atoms with Crippen LogP contribution in [0.15, 0.2) is 0 Å². The fourth-order valence-electron chi connectivity index (χ4n) is 3.80. The molecule has 0 aromatic rings. The first-order valence-electron chi connectivity index (χ1n) is 7.31. The molecule has 4 atom stereocenters. The highest BCUT2D eigenvalue weighted by atomic mass is 16.5. The molecule has 0 aromatic carbocycles. The summed E-state index contributed by atoms with van der Waals surface area (Å²) in [5.41, 5.74) is 0.330. The van der Waals surface area contributed by atoms with Gasteiger partial charge in [-0.1, -0.05) is 6.92 Å². The minimum Gasteiger partial charge on any atom is -0.375 e. The van der Waals surface area contributed by atoms with Crippen LogP contribution in [0.3, 0.4) is 0 Å². The van der Waals surface area contributed by atoms with Gasteiger partial charge in [0.05, 0.1) is 12.2 Å².